The van der Waals surface area contributed by atoms with Crippen LogP contribution in [-0.2, 0) is 16.0 Å². The fourth-order valence-electron chi connectivity index (χ4n) is 2.84. The molecule has 0 bridgehead atoms. The van der Waals surface area contributed by atoms with Gasteiger partial charge in [-0.25, -0.2) is 0 Å². The molecule has 0 spiro atoms. The summed E-state index contributed by atoms with van der Waals surface area (Å²) in [6.07, 6.45) is 4.46. The van der Waals surface area contributed by atoms with Crippen molar-refractivity contribution in [2.24, 2.45) is 0 Å². The number of likely N-dealkylation sites (tertiary alicyclic amines) is 1. The van der Waals surface area contributed by atoms with E-state index in [2.05, 4.69) is 10.6 Å². The molecule has 1 aromatic rings. The molecule has 144 valence electrons. The summed E-state index contributed by atoms with van der Waals surface area (Å²) in [6, 6.07) is 9.54. The molecule has 0 saturated carbocycles. The van der Waals surface area contributed by atoms with E-state index < -0.39 is 5.91 Å². The van der Waals surface area contributed by atoms with Gasteiger partial charge in [0.1, 0.15) is 17.4 Å². The second-order valence-corrected chi connectivity index (χ2v) is 6.32. The second kappa shape index (κ2) is 10.9. The monoisotopic (exact) mass is 370 g/mol. The van der Waals surface area contributed by atoms with Gasteiger partial charge in [0.05, 0.1) is 7.11 Å². The molecule has 1 aliphatic rings. The number of nitriles is 1. The van der Waals surface area contributed by atoms with Gasteiger partial charge in [0.15, 0.2) is 0 Å². The number of hydrogen-bond acceptors (Lipinski definition) is 5. The number of amides is 2. The van der Waals surface area contributed by atoms with Gasteiger partial charge >= 0.3 is 0 Å². The average molecular weight is 370 g/mol. The Balaban J connectivity index is 1.66. The minimum absolute atomic E-state index is 0.0435. The predicted octanol–water partition coefficient (Wildman–Crippen LogP) is 1.36. The molecule has 7 heteroatoms. The quantitative estimate of drug-likeness (QED) is 0.368. The van der Waals surface area contributed by atoms with Crippen LogP contribution in [-0.4, -0.2) is 50.0 Å². The number of benzene rings is 1. The number of carbonyl (C=O) groups excluding carboxylic acids is 2. The van der Waals surface area contributed by atoms with E-state index >= 15 is 0 Å². The first kappa shape index (κ1) is 20.3. The van der Waals surface area contributed by atoms with Crippen LogP contribution in [0.2, 0.25) is 0 Å². The lowest BCUT2D eigenvalue weighted by atomic mass is 10.1. The van der Waals surface area contributed by atoms with Crippen molar-refractivity contribution >= 4 is 11.8 Å². The molecule has 0 radical (unpaired) electrons. The maximum absolute atomic E-state index is 12.1. The van der Waals surface area contributed by atoms with Crippen LogP contribution in [0.1, 0.15) is 24.8 Å². The van der Waals surface area contributed by atoms with Gasteiger partial charge in [0.2, 0.25) is 5.91 Å². The van der Waals surface area contributed by atoms with Crippen molar-refractivity contribution in [1.82, 2.24) is 15.5 Å². The first-order chi connectivity index (χ1) is 13.1. The number of ether oxygens (including phenoxy) is 1. The van der Waals surface area contributed by atoms with E-state index in [9.17, 15) is 9.59 Å². The standard InChI is InChI=1S/C20H26N4O3/c1-27-18-7-5-16(6-8-18)9-11-23-20(26)17(14-21)15-22-10-3-13-24-12-2-4-19(24)25/h5-8,15,22H,2-4,9-13H2,1H3,(H,23,26)/b17-15-. The zero-order valence-corrected chi connectivity index (χ0v) is 15.7. The Bertz CT molecular complexity index is 707. The van der Waals surface area contributed by atoms with E-state index in [4.69, 9.17) is 10.00 Å². The number of methoxy groups -OCH3 is 1. The van der Waals surface area contributed by atoms with Gasteiger partial charge in [-0.1, -0.05) is 12.1 Å². The Labute approximate surface area is 160 Å². The van der Waals surface area contributed by atoms with E-state index in [-0.39, 0.29) is 11.5 Å². The molecular formula is C20H26N4O3. The molecule has 2 N–H and O–H groups in total. The van der Waals surface area contributed by atoms with Gasteiger partial charge in [0, 0.05) is 38.8 Å². The van der Waals surface area contributed by atoms with Crippen molar-refractivity contribution in [3.8, 4) is 11.8 Å². The molecule has 0 unspecified atom stereocenters. The molecule has 2 amide bonds. The number of nitrogens with zero attached hydrogens (tertiary/aromatic N) is 2. The lowest BCUT2D eigenvalue weighted by Gasteiger charge is -2.14. The lowest BCUT2D eigenvalue weighted by molar-refractivity contribution is -0.127. The van der Waals surface area contributed by atoms with Gasteiger partial charge in [-0.3, -0.25) is 9.59 Å². The summed E-state index contributed by atoms with van der Waals surface area (Å²) in [5, 5.41) is 14.9. The van der Waals surface area contributed by atoms with Crippen LogP contribution in [0.4, 0.5) is 0 Å². The van der Waals surface area contributed by atoms with Crippen LogP contribution in [0, 0.1) is 11.3 Å². The van der Waals surface area contributed by atoms with Gasteiger partial charge in [-0.05, 0) is 37.0 Å². The third kappa shape index (κ3) is 6.66. The molecule has 27 heavy (non-hydrogen) atoms. The fourth-order valence-corrected chi connectivity index (χ4v) is 2.84. The molecule has 1 aliphatic heterocycles. The van der Waals surface area contributed by atoms with Crippen LogP contribution in [0.3, 0.4) is 0 Å². The fraction of sp³-hybridized carbons (Fsp3) is 0.450. The normalized spacial score (nSPS) is 14.0. The van der Waals surface area contributed by atoms with E-state index in [0.717, 1.165) is 30.7 Å². The van der Waals surface area contributed by atoms with Gasteiger partial charge < -0.3 is 20.3 Å². The number of rotatable bonds is 10. The van der Waals surface area contributed by atoms with Gasteiger partial charge in [0.25, 0.3) is 5.91 Å². The molecule has 0 aliphatic carbocycles. The minimum Gasteiger partial charge on any atom is -0.497 e. The van der Waals surface area contributed by atoms with Crippen molar-refractivity contribution in [3.63, 3.8) is 0 Å². The molecule has 7 nitrogen and oxygen atoms in total. The van der Waals surface area contributed by atoms with Crippen molar-refractivity contribution in [3.05, 3.63) is 41.6 Å². The summed E-state index contributed by atoms with van der Waals surface area (Å²) in [4.78, 5) is 25.4. The summed E-state index contributed by atoms with van der Waals surface area (Å²) in [6.45, 7) is 2.58. The molecule has 1 fully saturated rings. The smallest absolute Gasteiger partial charge is 0.263 e. The first-order valence-corrected chi connectivity index (χ1v) is 9.16. The predicted molar refractivity (Wildman–Crippen MR) is 102 cm³/mol. The number of hydrogen-bond donors (Lipinski definition) is 2. The topological polar surface area (TPSA) is 94.5 Å². The summed E-state index contributed by atoms with van der Waals surface area (Å²) >= 11 is 0. The molecule has 2 rings (SSSR count). The van der Waals surface area contributed by atoms with E-state index in [1.54, 1.807) is 7.11 Å². The Kier molecular flexibility index (Phi) is 8.17. The number of carbonyl (C=O) groups is 2. The summed E-state index contributed by atoms with van der Waals surface area (Å²) in [5.74, 6) is 0.602. The molecular weight excluding hydrogens is 344 g/mol. The van der Waals surface area contributed by atoms with E-state index in [1.165, 1.54) is 6.20 Å². The van der Waals surface area contributed by atoms with Crippen LogP contribution in [0.5, 0.6) is 5.75 Å². The summed E-state index contributed by atoms with van der Waals surface area (Å²) in [5.41, 5.74) is 1.12. The van der Waals surface area contributed by atoms with E-state index in [0.29, 0.717) is 32.5 Å². The first-order valence-electron chi connectivity index (χ1n) is 9.16. The lowest BCUT2D eigenvalue weighted by Crippen LogP contribution is -2.29. The highest BCUT2D eigenvalue weighted by molar-refractivity contribution is 5.97. The Morgan fingerprint density at radius 3 is 2.74 bits per heavy atom. The van der Waals surface area contributed by atoms with Crippen LogP contribution >= 0.6 is 0 Å². The number of nitrogens with one attached hydrogen (secondary N) is 2. The SMILES string of the molecule is COc1ccc(CCNC(=O)/C(C#N)=C\NCCCN2CCCC2=O)cc1. The molecule has 0 aromatic heterocycles. The highest BCUT2D eigenvalue weighted by atomic mass is 16.5. The van der Waals surface area contributed by atoms with Gasteiger partial charge in [-0.15, -0.1) is 0 Å². The average Bonchev–Trinajstić information content (AvgIpc) is 3.10. The zero-order valence-electron chi connectivity index (χ0n) is 15.7. The van der Waals surface area contributed by atoms with Crippen molar-refractivity contribution in [1.29, 1.82) is 5.26 Å². The Hall–Kier alpha value is -3.01. The molecule has 0 atom stereocenters. The Morgan fingerprint density at radius 2 is 2.11 bits per heavy atom. The maximum atomic E-state index is 12.1. The Morgan fingerprint density at radius 1 is 1.33 bits per heavy atom. The van der Waals surface area contributed by atoms with Crippen molar-refractivity contribution in [2.45, 2.75) is 25.7 Å². The van der Waals surface area contributed by atoms with E-state index in [1.807, 2.05) is 35.2 Å². The van der Waals surface area contributed by atoms with Gasteiger partial charge in [-0.2, -0.15) is 5.26 Å². The van der Waals surface area contributed by atoms with Crippen LogP contribution < -0.4 is 15.4 Å². The van der Waals surface area contributed by atoms with Crippen LogP contribution in [0.25, 0.3) is 0 Å². The van der Waals surface area contributed by atoms with Crippen molar-refractivity contribution in [2.75, 3.05) is 33.3 Å². The highest BCUT2D eigenvalue weighted by Gasteiger charge is 2.18. The molecule has 1 saturated heterocycles. The largest absolute Gasteiger partial charge is 0.497 e. The summed E-state index contributed by atoms with van der Waals surface area (Å²) < 4.78 is 5.11. The third-order valence-corrected chi connectivity index (χ3v) is 4.39. The second-order valence-electron chi connectivity index (χ2n) is 6.32. The minimum atomic E-state index is -0.395. The third-order valence-electron chi connectivity index (χ3n) is 4.39. The highest BCUT2D eigenvalue weighted by Crippen LogP contribution is 2.11. The van der Waals surface area contributed by atoms with Crippen LogP contribution in [0.15, 0.2) is 36.0 Å². The molecule has 1 aromatic carbocycles. The van der Waals surface area contributed by atoms with Crippen molar-refractivity contribution < 1.29 is 14.3 Å². The molecule has 1 heterocycles. The maximum Gasteiger partial charge on any atom is 0.263 e. The summed E-state index contributed by atoms with van der Waals surface area (Å²) in [7, 11) is 1.62. The zero-order chi connectivity index (χ0) is 19.5.